The summed E-state index contributed by atoms with van der Waals surface area (Å²) in [7, 11) is 1.58. The van der Waals surface area contributed by atoms with Gasteiger partial charge in [-0.3, -0.25) is 4.79 Å². The van der Waals surface area contributed by atoms with Crippen molar-refractivity contribution in [3.63, 3.8) is 0 Å². The number of aromatic nitrogens is 1. The molecule has 7 heteroatoms. The van der Waals surface area contributed by atoms with Gasteiger partial charge in [0.2, 0.25) is 5.55 Å². The molecule has 1 N–H and O–H groups in total. The molecule has 38 heavy (non-hydrogen) atoms. The molecule has 0 unspecified atom stereocenters. The minimum atomic E-state index is -0.315. The van der Waals surface area contributed by atoms with E-state index in [1.807, 2.05) is 78.9 Å². The van der Waals surface area contributed by atoms with Crippen LogP contribution in [0.4, 0.5) is 11.4 Å². The largest absolute Gasteiger partial charge is 0.493 e. The summed E-state index contributed by atoms with van der Waals surface area (Å²) in [6.07, 6.45) is 0. The van der Waals surface area contributed by atoms with Crippen LogP contribution in [0.2, 0.25) is 0 Å². The maximum atomic E-state index is 13.3. The van der Waals surface area contributed by atoms with Crippen LogP contribution in [-0.2, 0) is 0 Å². The highest BCUT2D eigenvalue weighted by molar-refractivity contribution is 7.21. The fourth-order valence-corrected chi connectivity index (χ4v) is 5.27. The lowest BCUT2D eigenvalue weighted by Gasteiger charge is -2.09. The zero-order valence-electron chi connectivity index (χ0n) is 20.8. The van der Waals surface area contributed by atoms with E-state index in [9.17, 15) is 4.79 Å². The fourth-order valence-electron chi connectivity index (χ4n) is 4.20. The van der Waals surface area contributed by atoms with Crippen LogP contribution in [0.25, 0.3) is 31.8 Å². The number of methoxy groups -OCH3 is 1. The van der Waals surface area contributed by atoms with Gasteiger partial charge in [-0.1, -0.05) is 36.4 Å². The second-order valence-corrected chi connectivity index (χ2v) is 9.84. The first-order valence-corrected chi connectivity index (χ1v) is 12.9. The van der Waals surface area contributed by atoms with Gasteiger partial charge < -0.3 is 14.5 Å². The van der Waals surface area contributed by atoms with Crippen molar-refractivity contribution in [2.24, 2.45) is 4.99 Å². The maximum absolute atomic E-state index is 13.3. The summed E-state index contributed by atoms with van der Waals surface area (Å²) in [5.74, 6) is 0.250. The lowest BCUT2D eigenvalue weighted by Crippen LogP contribution is -2.21. The normalized spacial score (nSPS) is 11.7. The quantitative estimate of drug-likeness (QED) is 0.257. The molecule has 0 bridgehead atoms. The van der Waals surface area contributed by atoms with Crippen LogP contribution in [0.15, 0.2) is 106 Å². The second kappa shape index (κ2) is 9.95. The van der Waals surface area contributed by atoms with Crippen molar-refractivity contribution in [2.75, 3.05) is 12.4 Å². The van der Waals surface area contributed by atoms with Crippen LogP contribution in [0, 0.1) is 6.92 Å². The number of para-hydroxylation sites is 2. The molecule has 0 spiro atoms. The molecule has 6 rings (SSSR count). The molecule has 2 aromatic heterocycles. The number of amides is 1. The summed E-state index contributed by atoms with van der Waals surface area (Å²) in [5, 5.41) is 4.61. The monoisotopic (exact) mass is 517 g/mol. The van der Waals surface area contributed by atoms with Crippen LogP contribution in [0.5, 0.6) is 5.75 Å². The zero-order chi connectivity index (χ0) is 26.1. The molecule has 1 amide bonds. The molecule has 0 radical (unpaired) electrons. The average molecular weight is 518 g/mol. The first-order chi connectivity index (χ1) is 18.6. The van der Waals surface area contributed by atoms with Gasteiger partial charge in [0.15, 0.2) is 11.3 Å². The Bertz CT molecular complexity index is 1860. The highest BCUT2D eigenvalue weighted by Gasteiger charge is 2.15. The SMILES string of the molecule is COc1cccc2cc(C(=O)Nc3ccccc3)c(=Nc3ccc(-c4nc5ccc(C)cc5s4)cc3)oc12. The number of carbonyl (C=O) groups excluding carboxylic acids is 1. The van der Waals surface area contributed by atoms with Crippen molar-refractivity contribution in [3.05, 3.63) is 114 Å². The Morgan fingerprint density at radius 1 is 0.947 bits per heavy atom. The lowest BCUT2D eigenvalue weighted by atomic mass is 10.1. The molecular weight excluding hydrogens is 494 g/mol. The Balaban J connectivity index is 1.42. The molecule has 0 aliphatic heterocycles. The van der Waals surface area contributed by atoms with E-state index >= 15 is 0 Å². The Kier molecular flexibility index (Phi) is 6.19. The van der Waals surface area contributed by atoms with E-state index in [0.29, 0.717) is 28.3 Å². The van der Waals surface area contributed by atoms with Crippen LogP contribution < -0.4 is 15.6 Å². The van der Waals surface area contributed by atoms with Crippen molar-refractivity contribution in [2.45, 2.75) is 6.92 Å². The number of anilines is 1. The first-order valence-electron chi connectivity index (χ1n) is 12.1. The van der Waals surface area contributed by atoms with Crippen molar-refractivity contribution in [1.82, 2.24) is 4.98 Å². The Morgan fingerprint density at radius 2 is 1.76 bits per heavy atom. The standard InChI is InChI=1S/C31H23N3O3S/c1-19-11-16-25-27(17-19)38-31(34-25)20-12-14-23(15-13-20)33-30-24(29(35)32-22-8-4-3-5-9-22)18-21-7-6-10-26(36-2)28(21)37-30/h3-18H,1-2H3,(H,32,35). The van der Waals surface area contributed by atoms with Gasteiger partial charge in [0.05, 0.1) is 23.0 Å². The van der Waals surface area contributed by atoms with Gasteiger partial charge in [-0.2, -0.15) is 0 Å². The number of fused-ring (bicyclic) bond motifs is 2. The summed E-state index contributed by atoms with van der Waals surface area (Å²) < 4.78 is 12.8. The van der Waals surface area contributed by atoms with E-state index in [1.165, 1.54) is 5.56 Å². The lowest BCUT2D eigenvalue weighted by molar-refractivity contribution is 0.102. The summed E-state index contributed by atoms with van der Waals surface area (Å²) in [4.78, 5) is 22.8. The predicted octanol–water partition coefficient (Wildman–Crippen LogP) is 7.51. The molecule has 0 atom stereocenters. The highest BCUT2D eigenvalue weighted by atomic mass is 32.1. The summed E-state index contributed by atoms with van der Waals surface area (Å²) in [5.41, 5.74) is 5.57. The van der Waals surface area contributed by atoms with Crippen LogP contribution in [0.1, 0.15) is 15.9 Å². The fraction of sp³-hybridized carbons (Fsp3) is 0.0645. The minimum absolute atomic E-state index is 0.193. The Labute approximate surface area is 222 Å². The van der Waals surface area contributed by atoms with Crippen molar-refractivity contribution in [1.29, 1.82) is 0 Å². The number of aryl methyl sites for hydroxylation is 1. The van der Waals surface area contributed by atoms with Crippen LogP contribution >= 0.6 is 11.3 Å². The molecule has 0 saturated carbocycles. The molecule has 186 valence electrons. The summed E-state index contributed by atoms with van der Waals surface area (Å²) in [6.45, 7) is 2.08. The number of carbonyl (C=O) groups is 1. The van der Waals surface area contributed by atoms with E-state index in [0.717, 1.165) is 26.2 Å². The summed E-state index contributed by atoms with van der Waals surface area (Å²) in [6, 6.07) is 30.6. The smallest absolute Gasteiger partial charge is 0.261 e. The van der Waals surface area contributed by atoms with Gasteiger partial charge in [-0.05, 0) is 73.2 Å². The number of thiazole rings is 1. The number of rotatable bonds is 5. The molecule has 2 heterocycles. The molecule has 0 saturated heterocycles. The van der Waals surface area contributed by atoms with Crippen molar-refractivity contribution >= 4 is 49.8 Å². The highest BCUT2D eigenvalue weighted by Crippen LogP contribution is 2.32. The van der Waals surface area contributed by atoms with Gasteiger partial charge in [-0.25, -0.2) is 9.98 Å². The molecule has 0 aliphatic carbocycles. The van der Waals surface area contributed by atoms with E-state index in [4.69, 9.17) is 19.1 Å². The topological polar surface area (TPSA) is 76.7 Å². The Morgan fingerprint density at radius 3 is 2.55 bits per heavy atom. The van der Waals surface area contributed by atoms with Gasteiger partial charge in [-0.15, -0.1) is 11.3 Å². The van der Waals surface area contributed by atoms with Crippen molar-refractivity contribution < 1.29 is 13.9 Å². The van der Waals surface area contributed by atoms with Gasteiger partial charge >= 0.3 is 0 Å². The summed E-state index contributed by atoms with van der Waals surface area (Å²) >= 11 is 1.66. The minimum Gasteiger partial charge on any atom is -0.493 e. The molecule has 0 fully saturated rings. The van der Waals surface area contributed by atoms with Crippen LogP contribution in [0.3, 0.4) is 0 Å². The predicted molar refractivity (Wildman–Crippen MR) is 152 cm³/mol. The number of nitrogens with zero attached hydrogens (tertiary/aromatic N) is 2. The third-order valence-electron chi connectivity index (χ3n) is 6.12. The van der Waals surface area contributed by atoms with E-state index in [-0.39, 0.29) is 11.5 Å². The van der Waals surface area contributed by atoms with Gasteiger partial charge in [0, 0.05) is 16.6 Å². The number of benzene rings is 4. The van der Waals surface area contributed by atoms with Crippen molar-refractivity contribution in [3.8, 4) is 16.3 Å². The zero-order valence-corrected chi connectivity index (χ0v) is 21.6. The van der Waals surface area contributed by atoms with Crippen LogP contribution in [-0.4, -0.2) is 18.0 Å². The van der Waals surface area contributed by atoms with Gasteiger partial charge in [0.1, 0.15) is 10.6 Å². The third kappa shape index (κ3) is 4.67. The average Bonchev–Trinajstić information content (AvgIpc) is 3.36. The van der Waals surface area contributed by atoms with Gasteiger partial charge in [0.25, 0.3) is 5.91 Å². The molecule has 4 aromatic carbocycles. The van der Waals surface area contributed by atoms with E-state index in [1.54, 1.807) is 24.5 Å². The number of ether oxygens (including phenoxy) is 1. The number of hydrogen-bond donors (Lipinski definition) is 1. The molecule has 6 aromatic rings. The maximum Gasteiger partial charge on any atom is 0.261 e. The Hall–Kier alpha value is -4.75. The molecule has 6 nitrogen and oxygen atoms in total. The third-order valence-corrected chi connectivity index (χ3v) is 7.19. The van der Waals surface area contributed by atoms with E-state index in [2.05, 4.69) is 24.4 Å². The number of hydrogen-bond acceptors (Lipinski definition) is 6. The molecule has 0 aliphatic rings. The second-order valence-electron chi connectivity index (χ2n) is 8.81. The number of nitrogens with one attached hydrogen (secondary N) is 1. The first kappa shape index (κ1) is 23.6. The molecular formula is C31H23N3O3S. The van der Waals surface area contributed by atoms with E-state index < -0.39 is 0 Å².